The number of benzene rings is 1. The lowest BCUT2D eigenvalue weighted by atomic mass is 9.93. The lowest BCUT2D eigenvalue weighted by Gasteiger charge is -2.36. The van der Waals surface area contributed by atoms with E-state index < -0.39 is 10.0 Å². The Morgan fingerprint density at radius 3 is 2.60 bits per heavy atom. The molecule has 112 valence electrons. The van der Waals surface area contributed by atoms with Gasteiger partial charge in [-0.15, -0.1) is 0 Å². The first-order valence-electron chi connectivity index (χ1n) is 7.07. The molecule has 1 fully saturated rings. The maximum absolute atomic E-state index is 12.8. The molecule has 20 heavy (non-hydrogen) atoms. The Morgan fingerprint density at radius 2 is 2.05 bits per heavy atom. The summed E-state index contributed by atoms with van der Waals surface area (Å²) in [6, 6.07) is 6.97. The summed E-state index contributed by atoms with van der Waals surface area (Å²) < 4.78 is 27.1. The highest BCUT2D eigenvalue weighted by atomic mass is 32.2. The van der Waals surface area contributed by atoms with E-state index in [2.05, 4.69) is 5.32 Å². The molecule has 0 amide bonds. The van der Waals surface area contributed by atoms with Gasteiger partial charge in [-0.05, 0) is 31.9 Å². The van der Waals surface area contributed by atoms with Crippen LogP contribution in [-0.4, -0.2) is 43.6 Å². The van der Waals surface area contributed by atoms with Gasteiger partial charge < -0.3 is 10.4 Å². The van der Waals surface area contributed by atoms with Crippen LogP contribution in [0.4, 0.5) is 5.69 Å². The summed E-state index contributed by atoms with van der Waals surface area (Å²) >= 11 is 0. The molecule has 1 aliphatic rings. The zero-order valence-corrected chi connectivity index (χ0v) is 12.6. The van der Waals surface area contributed by atoms with Crippen molar-refractivity contribution in [1.29, 1.82) is 0 Å². The number of aliphatic hydroxyl groups is 1. The van der Waals surface area contributed by atoms with Gasteiger partial charge in [0.25, 0.3) is 0 Å². The van der Waals surface area contributed by atoms with Crippen LogP contribution in [0.15, 0.2) is 29.2 Å². The van der Waals surface area contributed by atoms with Gasteiger partial charge in [0.15, 0.2) is 0 Å². The van der Waals surface area contributed by atoms with Gasteiger partial charge in [0, 0.05) is 19.1 Å². The molecule has 1 aromatic rings. The van der Waals surface area contributed by atoms with E-state index in [1.54, 1.807) is 18.2 Å². The number of anilines is 1. The van der Waals surface area contributed by atoms with Crippen molar-refractivity contribution in [1.82, 2.24) is 4.31 Å². The Morgan fingerprint density at radius 1 is 1.35 bits per heavy atom. The monoisotopic (exact) mass is 298 g/mol. The van der Waals surface area contributed by atoms with Gasteiger partial charge in [-0.2, -0.15) is 4.31 Å². The van der Waals surface area contributed by atoms with Crippen molar-refractivity contribution < 1.29 is 13.5 Å². The third kappa shape index (κ3) is 2.97. The third-order valence-corrected chi connectivity index (χ3v) is 5.65. The molecule has 0 atom stereocenters. The number of sulfonamides is 1. The van der Waals surface area contributed by atoms with Crippen LogP contribution in [0, 0.1) is 0 Å². The fraction of sp³-hybridized carbons (Fsp3) is 0.571. The number of hydrogen-bond donors (Lipinski definition) is 2. The smallest absolute Gasteiger partial charge is 0.245 e. The number of aliphatic hydroxyl groups excluding tert-OH is 1. The lowest BCUT2D eigenvalue weighted by molar-refractivity contribution is 0.178. The fourth-order valence-corrected chi connectivity index (χ4v) is 4.27. The predicted molar refractivity (Wildman–Crippen MR) is 79.2 cm³/mol. The Balaban J connectivity index is 2.36. The van der Waals surface area contributed by atoms with Crippen molar-refractivity contribution in [3.05, 3.63) is 24.3 Å². The number of rotatable bonds is 7. The lowest BCUT2D eigenvalue weighted by Crippen LogP contribution is -2.45. The summed E-state index contributed by atoms with van der Waals surface area (Å²) in [7, 11) is -3.57. The standard InChI is InChI=1S/C14H22N2O3S/c1-2-15-13-8-3-4-9-14(13)20(18,19)16(10-11-17)12-6-5-7-12/h3-4,8-9,12,15,17H,2,5-7,10-11H2,1H3. The first kappa shape index (κ1) is 15.3. The zero-order chi connectivity index (χ0) is 14.6. The minimum Gasteiger partial charge on any atom is -0.395 e. The van der Waals surface area contributed by atoms with Crippen molar-refractivity contribution in [2.75, 3.05) is 25.0 Å². The number of para-hydroxylation sites is 1. The molecule has 0 heterocycles. The molecule has 1 aromatic carbocycles. The number of nitrogens with zero attached hydrogens (tertiary/aromatic N) is 1. The van der Waals surface area contributed by atoms with Crippen molar-refractivity contribution in [3.63, 3.8) is 0 Å². The predicted octanol–water partition coefficient (Wildman–Crippen LogP) is 1.65. The largest absolute Gasteiger partial charge is 0.395 e. The van der Waals surface area contributed by atoms with E-state index in [1.165, 1.54) is 4.31 Å². The average molecular weight is 298 g/mol. The van der Waals surface area contributed by atoms with Gasteiger partial charge in [0.1, 0.15) is 4.90 Å². The SMILES string of the molecule is CCNc1ccccc1S(=O)(=O)N(CCO)C1CCC1. The van der Waals surface area contributed by atoms with E-state index in [0.717, 1.165) is 19.3 Å². The van der Waals surface area contributed by atoms with E-state index in [4.69, 9.17) is 5.11 Å². The normalized spacial score (nSPS) is 16.1. The zero-order valence-electron chi connectivity index (χ0n) is 11.7. The summed E-state index contributed by atoms with van der Waals surface area (Å²) in [6.45, 7) is 2.60. The first-order chi connectivity index (χ1) is 9.61. The second kappa shape index (κ2) is 6.56. The topological polar surface area (TPSA) is 69.6 Å². The Kier molecular flexibility index (Phi) is 5.01. The molecule has 6 heteroatoms. The molecule has 0 radical (unpaired) electrons. The highest BCUT2D eigenvalue weighted by Gasteiger charge is 2.35. The first-order valence-corrected chi connectivity index (χ1v) is 8.51. The van der Waals surface area contributed by atoms with Crippen molar-refractivity contribution in [3.8, 4) is 0 Å². The molecule has 0 aromatic heterocycles. The van der Waals surface area contributed by atoms with Crippen molar-refractivity contribution in [2.24, 2.45) is 0 Å². The van der Waals surface area contributed by atoms with Gasteiger partial charge in [-0.25, -0.2) is 8.42 Å². The second-order valence-electron chi connectivity index (χ2n) is 4.95. The molecule has 0 aliphatic heterocycles. The minimum atomic E-state index is -3.57. The fourth-order valence-electron chi connectivity index (χ4n) is 2.43. The Hall–Kier alpha value is -1.11. The summed E-state index contributed by atoms with van der Waals surface area (Å²) in [5, 5.41) is 12.3. The van der Waals surface area contributed by atoms with Gasteiger partial charge in [0.05, 0.1) is 12.3 Å². The van der Waals surface area contributed by atoms with Crippen LogP contribution in [0.5, 0.6) is 0 Å². The second-order valence-corrected chi connectivity index (χ2v) is 6.81. The van der Waals surface area contributed by atoms with E-state index in [9.17, 15) is 8.42 Å². The van der Waals surface area contributed by atoms with Crippen LogP contribution < -0.4 is 5.32 Å². The molecule has 1 saturated carbocycles. The van der Waals surface area contributed by atoms with Crippen LogP contribution in [0.2, 0.25) is 0 Å². The molecular weight excluding hydrogens is 276 g/mol. The Labute approximate surface area is 120 Å². The average Bonchev–Trinajstić information content (AvgIpc) is 2.37. The van der Waals surface area contributed by atoms with Crippen molar-refractivity contribution in [2.45, 2.75) is 37.1 Å². The molecular formula is C14H22N2O3S. The summed E-state index contributed by atoms with van der Waals surface area (Å²) in [5.41, 5.74) is 0.622. The van der Waals surface area contributed by atoms with Crippen LogP contribution in [-0.2, 0) is 10.0 Å². The van der Waals surface area contributed by atoms with E-state index in [0.29, 0.717) is 17.1 Å². The molecule has 0 bridgehead atoms. The third-order valence-electron chi connectivity index (χ3n) is 3.64. The maximum atomic E-state index is 12.8. The molecule has 2 N–H and O–H groups in total. The molecule has 1 aliphatic carbocycles. The van der Waals surface area contributed by atoms with Gasteiger partial charge in [-0.1, -0.05) is 18.6 Å². The van der Waals surface area contributed by atoms with Gasteiger partial charge in [-0.3, -0.25) is 0 Å². The van der Waals surface area contributed by atoms with E-state index >= 15 is 0 Å². The van der Waals surface area contributed by atoms with Crippen LogP contribution in [0.1, 0.15) is 26.2 Å². The molecule has 0 saturated heterocycles. The molecule has 0 unspecified atom stereocenters. The van der Waals surface area contributed by atoms with E-state index in [1.807, 2.05) is 13.0 Å². The Bertz CT molecular complexity index is 541. The van der Waals surface area contributed by atoms with Crippen LogP contribution in [0.25, 0.3) is 0 Å². The molecule has 2 rings (SSSR count). The summed E-state index contributed by atoms with van der Waals surface area (Å²) in [4.78, 5) is 0.294. The van der Waals surface area contributed by atoms with Crippen molar-refractivity contribution >= 4 is 15.7 Å². The highest BCUT2D eigenvalue weighted by Crippen LogP contribution is 2.32. The quantitative estimate of drug-likeness (QED) is 0.803. The minimum absolute atomic E-state index is 0.0295. The summed E-state index contributed by atoms with van der Waals surface area (Å²) in [5.74, 6) is 0. The van der Waals surface area contributed by atoms with E-state index in [-0.39, 0.29) is 19.2 Å². The maximum Gasteiger partial charge on any atom is 0.245 e. The van der Waals surface area contributed by atoms with Gasteiger partial charge in [0.2, 0.25) is 10.0 Å². The van der Waals surface area contributed by atoms with Crippen LogP contribution >= 0.6 is 0 Å². The van der Waals surface area contributed by atoms with Gasteiger partial charge >= 0.3 is 0 Å². The summed E-state index contributed by atoms with van der Waals surface area (Å²) in [6.07, 6.45) is 2.81. The van der Waals surface area contributed by atoms with Crippen LogP contribution in [0.3, 0.4) is 0 Å². The number of hydrogen-bond acceptors (Lipinski definition) is 4. The molecule has 0 spiro atoms. The highest BCUT2D eigenvalue weighted by molar-refractivity contribution is 7.89. The molecule has 5 nitrogen and oxygen atoms in total. The number of nitrogens with one attached hydrogen (secondary N) is 1.